The summed E-state index contributed by atoms with van der Waals surface area (Å²) in [5, 5.41) is 43.7. The van der Waals surface area contributed by atoms with Gasteiger partial charge in [0, 0.05) is 56.5 Å². The molecule has 6 nitrogen and oxygen atoms in total. The van der Waals surface area contributed by atoms with Crippen LogP contribution < -0.4 is 9.80 Å². The third-order valence-electron chi connectivity index (χ3n) is 11.8. The monoisotopic (exact) mass is 860 g/mol. The van der Waals surface area contributed by atoms with E-state index in [1.165, 1.54) is 12.1 Å². The second kappa shape index (κ2) is 16.3. The van der Waals surface area contributed by atoms with E-state index in [0.29, 0.717) is 44.6 Å². The summed E-state index contributed by atoms with van der Waals surface area (Å²) >= 11 is 0. The van der Waals surface area contributed by atoms with Gasteiger partial charge in [0.25, 0.3) is 0 Å². The third-order valence-corrected chi connectivity index (χ3v) is 11.8. The van der Waals surface area contributed by atoms with Crippen LogP contribution in [0.4, 0.5) is 51.7 Å². The molecule has 0 aliphatic rings. The molecule has 66 heavy (non-hydrogen) atoms. The molecule has 0 radical (unpaired) electrons. The van der Waals surface area contributed by atoms with Gasteiger partial charge in [-0.05, 0) is 106 Å². The molecular weight excluding hydrogens is 833 g/mol. The third kappa shape index (κ3) is 6.71. The topological polar surface area (TPSA) is 102 Å². The fourth-order valence-electron chi connectivity index (χ4n) is 8.81. The molecule has 0 aromatic heterocycles. The zero-order valence-electron chi connectivity index (χ0n) is 34.4. The highest BCUT2D eigenvalue weighted by Crippen LogP contribution is 2.49. The van der Waals surface area contributed by atoms with Crippen molar-refractivity contribution in [1.82, 2.24) is 0 Å². The smallest absolute Gasteiger partial charge is 0.150 e. The summed E-state index contributed by atoms with van der Waals surface area (Å²) in [5.41, 5.74) is 3.64. The molecule has 10 rings (SSSR count). The van der Waals surface area contributed by atoms with Crippen LogP contribution in [0, 0.1) is 68.6 Å². The van der Waals surface area contributed by atoms with Crippen LogP contribution in [0.15, 0.2) is 170 Å². The van der Waals surface area contributed by atoms with Crippen LogP contribution in [0.2, 0.25) is 0 Å². The average Bonchev–Trinajstić information content (AvgIpc) is 3.35. The molecule has 0 spiro atoms. The van der Waals surface area contributed by atoms with Gasteiger partial charge in [-0.25, -0.2) is 17.6 Å². The Morgan fingerprint density at radius 2 is 0.712 bits per heavy atom. The first kappa shape index (κ1) is 40.6. The summed E-state index contributed by atoms with van der Waals surface area (Å²) in [7, 11) is 0. The van der Waals surface area contributed by atoms with Crippen LogP contribution in [-0.2, 0) is 0 Å². The van der Waals surface area contributed by atoms with Crippen molar-refractivity contribution < 1.29 is 17.6 Å². The van der Waals surface area contributed by atoms with Crippen LogP contribution in [0.5, 0.6) is 0 Å². The average molecular weight is 861 g/mol. The maximum absolute atomic E-state index is 16.5. The lowest BCUT2D eigenvalue weighted by atomic mass is 9.91. The van der Waals surface area contributed by atoms with Gasteiger partial charge in [0.15, 0.2) is 0 Å². The fraction of sp³-hybridized carbons (Fsp3) is 0. The number of hydrogen-bond acceptors (Lipinski definition) is 6. The largest absolute Gasteiger partial charge is 0.307 e. The number of nitriles is 4. The Bertz CT molecular complexity index is 3520. The summed E-state index contributed by atoms with van der Waals surface area (Å²) in [6.45, 7) is 0. The molecule has 10 heteroatoms. The van der Waals surface area contributed by atoms with E-state index in [1.807, 2.05) is 48.5 Å². The van der Waals surface area contributed by atoms with Gasteiger partial charge in [-0.15, -0.1) is 0 Å². The minimum absolute atomic E-state index is 0.0136. The molecule has 10 aromatic carbocycles. The molecule has 0 saturated carbocycles. The molecule has 0 aliphatic heterocycles. The van der Waals surface area contributed by atoms with Gasteiger partial charge in [-0.2, -0.15) is 21.0 Å². The lowest BCUT2D eigenvalue weighted by Crippen LogP contribution is -2.14. The highest BCUT2D eigenvalue weighted by molar-refractivity contribution is 6.28. The van der Waals surface area contributed by atoms with Crippen LogP contribution >= 0.6 is 0 Å². The number of halogens is 4. The molecule has 0 heterocycles. The van der Waals surface area contributed by atoms with Crippen molar-refractivity contribution in [3.05, 3.63) is 215 Å². The molecule has 310 valence electrons. The molecule has 0 unspecified atom stereocenters. The summed E-state index contributed by atoms with van der Waals surface area (Å²) in [6, 6.07) is 54.1. The molecule has 0 bridgehead atoms. The van der Waals surface area contributed by atoms with E-state index in [1.54, 1.807) is 107 Å². The van der Waals surface area contributed by atoms with Crippen LogP contribution in [0.1, 0.15) is 22.3 Å². The molecule has 0 amide bonds. The molecule has 0 aliphatic carbocycles. The Kier molecular flexibility index (Phi) is 10.0. The van der Waals surface area contributed by atoms with Crippen LogP contribution in [0.3, 0.4) is 0 Å². The number of anilines is 6. The highest BCUT2D eigenvalue weighted by Gasteiger charge is 2.27. The predicted octanol–water partition coefficient (Wildman–Crippen LogP) is 14.9. The van der Waals surface area contributed by atoms with Gasteiger partial charge < -0.3 is 9.80 Å². The van der Waals surface area contributed by atoms with Crippen molar-refractivity contribution in [2.45, 2.75) is 0 Å². The first-order chi connectivity index (χ1) is 32.2. The van der Waals surface area contributed by atoms with E-state index < -0.39 is 23.3 Å². The number of rotatable bonds is 8. The van der Waals surface area contributed by atoms with E-state index in [9.17, 15) is 21.0 Å². The summed E-state index contributed by atoms with van der Waals surface area (Å²) in [6.07, 6.45) is 0. The maximum Gasteiger partial charge on any atom is 0.150 e. The van der Waals surface area contributed by atoms with Gasteiger partial charge in [0.1, 0.15) is 23.3 Å². The van der Waals surface area contributed by atoms with Crippen molar-refractivity contribution >= 4 is 66.4 Å². The molecule has 10 aromatic rings. The Hall–Kier alpha value is -9.48. The predicted molar refractivity (Wildman–Crippen MR) is 249 cm³/mol. The fourth-order valence-corrected chi connectivity index (χ4v) is 8.81. The molecule has 0 atom stereocenters. The Balaban J connectivity index is 1.24. The zero-order chi connectivity index (χ0) is 45.6. The second-order valence-corrected chi connectivity index (χ2v) is 15.5. The van der Waals surface area contributed by atoms with E-state index in [4.69, 9.17) is 0 Å². The van der Waals surface area contributed by atoms with Gasteiger partial charge in [-0.1, -0.05) is 72.8 Å². The SMILES string of the molecule is N#Cc1ccc(N(c2cc(-c3ccccc3C#N)c(F)cc2F)c2ccc3ccc4c(N(c5ccc(C#N)cc5)c5cc(-c6ccccc6C#N)c(F)cc5F)ccc5ccc2c3c54)cc1. The molecular formula is C56H28F4N6. The van der Waals surface area contributed by atoms with E-state index in [-0.39, 0.29) is 44.8 Å². The molecule has 0 N–H and O–H groups in total. The molecule has 0 fully saturated rings. The van der Waals surface area contributed by atoms with Crippen LogP contribution in [0.25, 0.3) is 54.6 Å². The number of hydrogen-bond donors (Lipinski definition) is 0. The van der Waals surface area contributed by atoms with Gasteiger partial charge >= 0.3 is 0 Å². The first-order valence-corrected chi connectivity index (χ1v) is 20.5. The lowest BCUT2D eigenvalue weighted by molar-refractivity contribution is 0.586. The van der Waals surface area contributed by atoms with Gasteiger partial charge in [0.2, 0.25) is 0 Å². The van der Waals surface area contributed by atoms with Crippen molar-refractivity contribution in [3.8, 4) is 46.5 Å². The standard InChI is InChI=1S/C56H28F4N6/c57-47-27-49(59)53(25-45(47)41-7-3-1-5-37(41)31-63)65(39-17-9-33(29-61)10-18-39)51-23-15-35-14-22-44-52(24-16-36-13-21-43(51)55(35)56(36)44)66(40-19-11-34(30-62)12-20-40)54-26-46(48(58)28-50(54)60)42-8-4-2-6-38(42)32-64/h1-28H. The Morgan fingerprint density at radius 3 is 1.09 bits per heavy atom. The van der Waals surface area contributed by atoms with Crippen LogP contribution in [-0.4, -0.2) is 0 Å². The van der Waals surface area contributed by atoms with E-state index in [0.717, 1.165) is 33.7 Å². The number of benzene rings is 10. The minimum atomic E-state index is -0.876. The normalized spacial score (nSPS) is 11.0. The van der Waals surface area contributed by atoms with Crippen molar-refractivity contribution in [3.63, 3.8) is 0 Å². The first-order valence-electron chi connectivity index (χ1n) is 20.5. The van der Waals surface area contributed by atoms with Crippen molar-refractivity contribution in [2.24, 2.45) is 0 Å². The van der Waals surface area contributed by atoms with Gasteiger partial charge in [-0.3, -0.25) is 0 Å². The van der Waals surface area contributed by atoms with Crippen molar-refractivity contribution in [2.75, 3.05) is 9.80 Å². The van der Waals surface area contributed by atoms with Gasteiger partial charge in [0.05, 0.1) is 69.3 Å². The summed E-state index contributed by atoms with van der Waals surface area (Å²) < 4.78 is 64.7. The zero-order valence-corrected chi connectivity index (χ0v) is 34.4. The number of nitrogens with zero attached hydrogens (tertiary/aromatic N) is 6. The van der Waals surface area contributed by atoms with E-state index in [2.05, 4.69) is 24.3 Å². The summed E-state index contributed by atoms with van der Waals surface area (Å²) in [5.74, 6) is -3.46. The second-order valence-electron chi connectivity index (χ2n) is 15.5. The van der Waals surface area contributed by atoms with E-state index >= 15 is 17.6 Å². The highest BCUT2D eigenvalue weighted by atomic mass is 19.1. The minimum Gasteiger partial charge on any atom is -0.307 e. The maximum atomic E-state index is 16.5. The Morgan fingerprint density at radius 1 is 0.333 bits per heavy atom. The lowest BCUT2D eigenvalue weighted by Gasteiger charge is -2.30. The Labute approximate surface area is 375 Å². The summed E-state index contributed by atoms with van der Waals surface area (Å²) in [4.78, 5) is 3.30. The quantitative estimate of drug-likeness (QED) is 0.111. The molecule has 0 saturated heterocycles. The van der Waals surface area contributed by atoms with Crippen molar-refractivity contribution in [1.29, 1.82) is 21.0 Å².